The summed E-state index contributed by atoms with van der Waals surface area (Å²) in [6, 6.07) is 0.416. The molecule has 2 nitrogen and oxygen atoms in total. The summed E-state index contributed by atoms with van der Waals surface area (Å²) in [5, 5.41) is 12.6. The van der Waals surface area contributed by atoms with E-state index < -0.39 is 0 Å². The molecule has 3 atom stereocenters. The van der Waals surface area contributed by atoms with Gasteiger partial charge in [0.15, 0.2) is 0 Å². The fraction of sp³-hybridized carbons (Fsp3) is 1.00. The number of hydrogen-bond acceptors (Lipinski definition) is 2. The molecule has 0 fully saturated rings. The van der Waals surface area contributed by atoms with Gasteiger partial charge in [0, 0.05) is 6.04 Å². The number of aliphatic hydroxyl groups is 1. The van der Waals surface area contributed by atoms with E-state index in [1.807, 2.05) is 0 Å². The van der Waals surface area contributed by atoms with E-state index in [-0.39, 0.29) is 6.23 Å². The average molecular weight is 159 g/mol. The highest BCUT2D eigenvalue weighted by Crippen LogP contribution is 2.05. The van der Waals surface area contributed by atoms with Gasteiger partial charge < -0.3 is 5.11 Å². The van der Waals surface area contributed by atoms with E-state index in [2.05, 4.69) is 33.0 Å². The molecule has 0 aromatic rings. The zero-order chi connectivity index (χ0) is 8.85. The Morgan fingerprint density at radius 3 is 2.09 bits per heavy atom. The van der Waals surface area contributed by atoms with Crippen molar-refractivity contribution in [1.29, 1.82) is 0 Å². The first kappa shape index (κ1) is 10.9. The highest BCUT2D eigenvalue weighted by atomic mass is 16.3. The van der Waals surface area contributed by atoms with Gasteiger partial charge in [-0.15, -0.1) is 0 Å². The summed E-state index contributed by atoms with van der Waals surface area (Å²) < 4.78 is 0. The van der Waals surface area contributed by atoms with Crippen LogP contribution >= 0.6 is 0 Å². The van der Waals surface area contributed by atoms with Gasteiger partial charge in [-0.05, 0) is 25.7 Å². The lowest BCUT2D eigenvalue weighted by Gasteiger charge is -2.22. The minimum absolute atomic E-state index is 0.338. The van der Waals surface area contributed by atoms with Gasteiger partial charge in [-0.1, -0.05) is 20.8 Å². The average Bonchev–Trinajstić information content (AvgIpc) is 2.02. The molecule has 68 valence electrons. The SMILES string of the molecule is CCC(C)NC(O)C(C)CC. The minimum Gasteiger partial charge on any atom is -0.378 e. The number of nitrogens with one attached hydrogen (secondary N) is 1. The van der Waals surface area contributed by atoms with Crippen LogP contribution in [0, 0.1) is 5.92 Å². The van der Waals surface area contributed by atoms with Crippen molar-refractivity contribution in [2.75, 3.05) is 0 Å². The minimum atomic E-state index is -0.338. The molecule has 11 heavy (non-hydrogen) atoms. The summed E-state index contributed by atoms with van der Waals surface area (Å²) in [5.41, 5.74) is 0. The van der Waals surface area contributed by atoms with Gasteiger partial charge in [0.1, 0.15) is 6.23 Å². The summed E-state index contributed by atoms with van der Waals surface area (Å²) in [6.07, 6.45) is 1.74. The van der Waals surface area contributed by atoms with Crippen LogP contribution in [0.1, 0.15) is 40.5 Å². The van der Waals surface area contributed by atoms with Gasteiger partial charge in [0.05, 0.1) is 0 Å². The number of rotatable bonds is 5. The van der Waals surface area contributed by atoms with Crippen molar-refractivity contribution in [1.82, 2.24) is 5.32 Å². The molecule has 0 bridgehead atoms. The third kappa shape index (κ3) is 4.38. The Hall–Kier alpha value is -0.0800. The summed E-state index contributed by atoms with van der Waals surface area (Å²) in [4.78, 5) is 0. The molecule has 0 aliphatic heterocycles. The van der Waals surface area contributed by atoms with Gasteiger partial charge in [-0.3, -0.25) is 5.32 Å². The second-order valence-electron chi connectivity index (χ2n) is 3.31. The summed E-state index contributed by atoms with van der Waals surface area (Å²) >= 11 is 0. The molecule has 2 heteroatoms. The van der Waals surface area contributed by atoms with Gasteiger partial charge in [-0.2, -0.15) is 0 Å². The quantitative estimate of drug-likeness (QED) is 0.599. The molecule has 0 saturated carbocycles. The molecule has 0 saturated heterocycles. The van der Waals surface area contributed by atoms with E-state index in [0.29, 0.717) is 12.0 Å². The number of hydrogen-bond donors (Lipinski definition) is 2. The molecule has 0 heterocycles. The van der Waals surface area contributed by atoms with Crippen LogP contribution in [0.4, 0.5) is 0 Å². The lowest BCUT2D eigenvalue weighted by atomic mass is 10.1. The van der Waals surface area contributed by atoms with E-state index >= 15 is 0 Å². The van der Waals surface area contributed by atoms with Crippen LogP contribution in [-0.4, -0.2) is 17.4 Å². The van der Waals surface area contributed by atoms with Crippen LogP contribution < -0.4 is 5.32 Å². The third-order valence-corrected chi connectivity index (χ3v) is 2.25. The van der Waals surface area contributed by atoms with Gasteiger partial charge >= 0.3 is 0 Å². The van der Waals surface area contributed by atoms with Crippen molar-refractivity contribution in [2.24, 2.45) is 5.92 Å². The lowest BCUT2D eigenvalue weighted by Crippen LogP contribution is -2.40. The van der Waals surface area contributed by atoms with Crippen molar-refractivity contribution in [3.05, 3.63) is 0 Å². The van der Waals surface area contributed by atoms with Gasteiger partial charge in [0.2, 0.25) is 0 Å². The maximum atomic E-state index is 9.51. The molecule has 2 N–H and O–H groups in total. The van der Waals surface area contributed by atoms with Crippen LogP contribution in [0.5, 0.6) is 0 Å². The second-order valence-corrected chi connectivity index (χ2v) is 3.31. The number of aliphatic hydroxyl groups excluding tert-OH is 1. The molecule has 0 aliphatic carbocycles. The molecule has 0 radical (unpaired) electrons. The molecule has 3 unspecified atom stereocenters. The largest absolute Gasteiger partial charge is 0.378 e. The zero-order valence-corrected chi connectivity index (χ0v) is 8.09. The van der Waals surface area contributed by atoms with Gasteiger partial charge in [-0.25, -0.2) is 0 Å². The molecule has 0 amide bonds. The fourth-order valence-electron chi connectivity index (χ4n) is 0.797. The molecular formula is C9H21NO. The van der Waals surface area contributed by atoms with Gasteiger partial charge in [0.25, 0.3) is 0 Å². The predicted molar refractivity (Wildman–Crippen MR) is 48.4 cm³/mol. The van der Waals surface area contributed by atoms with Crippen molar-refractivity contribution in [3.63, 3.8) is 0 Å². The Balaban J connectivity index is 3.58. The highest BCUT2D eigenvalue weighted by Gasteiger charge is 2.12. The standard InChI is InChI=1S/C9H21NO/c1-5-7(3)9(11)10-8(4)6-2/h7-11H,5-6H2,1-4H3. The topological polar surface area (TPSA) is 32.3 Å². The first-order valence-corrected chi connectivity index (χ1v) is 4.55. The lowest BCUT2D eigenvalue weighted by molar-refractivity contribution is 0.0700. The Kier molecular flexibility index (Phi) is 5.51. The monoisotopic (exact) mass is 159 g/mol. The Morgan fingerprint density at radius 2 is 1.73 bits per heavy atom. The van der Waals surface area contributed by atoms with Crippen LogP contribution in [0.15, 0.2) is 0 Å². The van der Waals surface area contributed by atoms with Crippen LogP contribution in [-0.2, 0) is 0 Å². The third-order valence-electron chi connectivity index (χ3n) is 2.25. The van der Waals surface area contributed by atoms with Crippen LogP contribution in [0.2, 0.25) is 0 Å². The first-order chi connectivity index (χ1) is 5.11. The molecule has 0 aromatic carbocycles. The Morgan fingerprint density at radius 1 is 1.18 bits per heavy atom. The van der Waals surface area contributed by atoms with E-state index in [9.17, 15) is 5.11 Å². The first-order valence-electron chi connectivity index (χ1n) is 4.55. The maximum Gasteiger partial charge on any atom is 0.107 e. The van der Waals surface area contributed by atoms with Crippen molar-refractivity contribution >= 4 is 0 Å². The van der Waals surface area contributed by atoms with Crippen molar-refractivity contribution < 1.29 is 5.11 Å². The summed E-state index contributed by atoms with van der Waals surface area (Å²) in [7, 11) is 0. The second kappa shape index (κ2) is 5.56. The van der Waals surface area contributed by atoms with E-state index in [0.717, 1.165) is 12.8 Å². The molecule has 0 aliphatic rings. The summed E-state index contributed by atoms with van der Waals surface area (Å²) in [6.45, 7) is 8.35. The van der Waals surface area contributed by atoms with E-state index in [1.54, 1.807) is 0 Å². The van der Waals surface area contributed by atoms with E-state index in [4.69, 9.17) is 0 Å². The zero-order valence-electron chi connectivity index (χ0n) is 8.09. The van der Waals surface area contributed by atoms with Crippen LogP contribution in [0.3, 0.4) is 0 Å². The predicted octanol–water partition coefficient (Wildman–Crippen LogP) is 1.74. The molecular weight excluding hydrogens is 138 g/mol. The Bertz CT molecular complexity index is 95.6. The highest BCUT2D eigenvalue weighted by molar-refractivity contribution is 4.65. The normalized spacial score (nSPS) is 19.4. The Labute approximate surface area is 70.0 Å². The molecule has 0 spiro atoms. The van der Waals surface area contributed by atoms with Crippen molar-refractivity contribution in [2.45, 2.75) is 52.8 Å². The van der Waals surface area contributed by atoms with Crippen molar-refractivity contribution in [3.8, 4) is 0 Å². The smallest absolute Gasteiger partial charge is 0.107 e. The van der Waals surface area contributed by atoms with E-state index in [1.165, 1.54) is 0 Å². The summed E-state index contributed by atoms with van der Waals surface area (Å²) in [5.74, 6) is 0.351. The molecule has 0 rings (SSSR count). The van der Waals surface area contributed by atoms with Crippen LogP contribution in [0.25, 0.3) is 0 Å². The maximum absolute atomic E-state index is 9.51. The molecule has 0 aromatic heterocycles. The fourth-order valence-corrected chi connectivity index (χ4v) is 0.797.